The van der Waals surface area contributed by atoms with Gasteiger partial charge in [-0.25, -0.2) is 14.4 Å². The van der Waals surface area contributed by atoms with Crippen molar-refractivity contribution >= 4 is 29.5 Å². The first-order valence-corrected chi connectivity index (χ1v) is 12.3. The quantitative estimate of drug-likeness (QED) is 0.484. The maximum absolute atomic E-state index is 12.9. The maximum Gasteiger partial charge on any atom is 0.410 e. The molecule has 0 spiro atoms. The summed E-state index contributed by atoms with van der Waals surface area (Å²) in [5.41, 5.74) is 11.4. The van der Waals surface area contributed by atoms with Crippen LogP contribution in [0.2, 0.25) is 0 Å². The first-order valence-electron chi connectivity index (χ1n) is 12.3. The number of rotatable bonds is 5. The second kappa shape index (κ2) is 10.9. The minimum atomic E-state index is -1.06. The lowest BCUT2D eigenvalue weighted by molar-refractivity contribution is -0.151. The Labute approximate surface area is 211 Å². The van der Waals surface area contributed by atoms with E-state index in [4.69, 9.17) is 15.2 Å². The van der Waals surface area contributed by atoms with Gasteiger partial charge in [-0.15, -0.1) is 0 Å². The summed E-state index contributed by atoms with van der Waals surface area (Å²) in [5.74, 6) is -0.605. The lowest BCUT2D eigenvalue weighted by atomic mass is 10.0. The molecule has 0 saturated carbocycles. The standard InChI is InChI=1S/C27H34N4O5/c1-17-14-19(15-18(2)24(17)28)16-23(25(32)35-3)36-27(34)30-11-9-21(10-12-30)31-13-8-20-6-4-5-7-22(20)29-26(31)33/h4-7,14-15,21,23H,8-13,16,28H2,1-3H3,(H,29,33)/t23-/m1/s1. The van der Waals surface area contributed by atoms with Gasteiger partial charge in [0.15, 0.2) is 0 Å². The van der Waals surface area contributed by atoms with Crippen LogP contribution >= 0.6 is 0 Å². The van der Waals surface area contributed by atoms with E-state index in [-0.39, 0.29) is 18.5 Å². The van der Waals surface area contributed by atoms with Crippen LogP contribution in [0.1, 0.15) is 35.1 Å². The molecule has 1 fully saturated rings. The van der Waals surface area contributed by atoms with Crippen molar-refractivity contribution < 1.29 is 23.9 Å². The highest BCUT2D eigenvalue weighted by atomic mass is 16.6. The molecule has 192 valence electrons. The van der Waals surface area contributed by atoms with Crippen molar-refractivity contribution in [3.8, 4) is 0 Å². The number of amides is 3. The highest BCUT2D eigenvalue weighted by molar-refractivity contribution is 5.91. The lowest BCUT2D eigenvalue weighted by Gasteiger charge is -2.37. The Bertz CT molecular complexity index is 1120. The second-order valence-corrected chi connectivity index (χ2v) is 9.49. The number of anilines is 2. The number of hydrogen-bond donors (Lipinski definition) is 2. The molecule has 9 heteroatoms. The van der Waals surface area contributed by atoms with Gasteiger partial charge in [0.25, 0.3) is 0 Å². The van der Waals surface area contributed by atoms with Crippen LogP contribution in [0.3, 0.4) is 0 Å². The van der Waals surface area contributed by atoms with Gasteiger partial charge in [0.1, 0.15) is 0 Å². The first-order chi connectivity index (χ1) is 17.3. The van der Waals surface area contributed by atoms with Gasteiger partial charge in [-0.05, 0) is 61.4 Å². The molecule has 0 aromatic heterocycles. The molecule has 36 heavy (non-hydrogen) atoms. The van der Waals surface area contributed by atoms with Gasteiger partial charge in [0.2, 0.25) is 6.10 Å². The minimum Gasteiger partial charge on any atom is -0.466 e. The predicted molar refractivity (Wildman–Crippen MR) is 137 cm³/mol. The lowest BCUT2D eigenvalue weighted by Crippen LogP contribution is -2.50. The summed E-state index contributed by atoms with van der Waals surface area (Å²) in [6, 6.07) is 11.5. The van der Waals surface area contributed by atoms with E-state index in [1.54, 1.807) is 4.90 Å². The Balaban J connectivity index is 1.35. The van der Waals surface area contributed by atoms with Crippen molar-refractivity contribution in [1.29, 1.82) is 0 Å². The molecule has 3 N–H and O–H groups in total. The third-order valence-corrected chi connectivity index (χ3v) is 7.09. The molecule has 1 atom stereocenters. The van der Waals surface area contributed by atoms with E-state index in [1.807, 2.05) is 55.1 Å². The van der Waals surface area contributed by atoms with Gasteiger partial charge in [-0.3, -0.25) is 0 Å². The van der Waals surface area contributed by atoms with E-state index in [0.717, 1.165) is 34.4 Å². The van der Waals surface area contributed by atoms with Crippen LogP contribution in [0.25, 0.3) is 0 Å². The number of nitrogens with zero attached hydrogens (tertiary/aromatic N) is 2. The molecule has 2 heterocycles. The Morgan fingerprint density at radius 1 is 1.11 bits per heavy atom. The number of piperidine rings is 1. The maximum atomic E-state index is 12.9. The van der Waals surface area contributed by atoms with E-state index in [1.165, 1.54) is 7.11 Å². The van der Waals surface area contributed by atoms with Crippen LogP contribution in [0.15, 0.2) is 36.4 Å². The Kier molecular flexibility index (Phi) is 7.67. The number of benzene rings is 2. The molecule has 0 bridgehead atoms. The fourth-order valence-electron chi connectivity index (χ4n) is 5.00. The third kappa shape index (κ3) is 5.56. The third-order valence-electron chi connectivity index (χ3n) is 7.09. The zero-order valence-corrected chi connectivity index (χ0v) is 21.1. The number of nitrogens with one attached hydrogen (secondary N) is 1. The molecular weight excluding hydrogens is 460 g/mol. The topological polar surface area (TPSA) is 114 Å². The Morgan fingerprint density at radius 3 is 2.44 bits per heavy atom. The van der Waals surface area contributed by atoms with Crippen molar-refractivity contribution in [3.05, 3.63) is 58.7 Å². The van der Waals surface area contributed by atoms with Crippen molar-refractivity contribution in [2.75, 3.05) is 37.8 Å². The molecule has 0 radical (unpaired) electrons. The predicted octanol–water partition coefficient (Wildman–Crippen LogP) is 3.66. The summed E-state index contributed by atoms with van der Waals surface area (Å²) < 4.78 is 10.5. The summed E-state index contributed by atoms with van der Waals surface area (Å²) in [6.45, 7) is 5.31. The molecule has 2 aromatic rings. The number of hydrogen-bond acceptors (Lipinski definition) is 6. The molecule has 2 aliphatic heterocycles. The normalized spacial score (nSPS) is 17.0. The van der Waals surface area contributed by atoms with E-state index < -0.39 is 18.2 Å². The van der Waals surface area contributed by atoms with E-state index in [9.17, 15) is 14.4 Å². The van der Waals surface area contributed by atoms with Crippen molar-refractivity contribution in [2.45, 2.75) is 51.7 Å². The average Bonchev–Trinajstić information content (AvgIpc) is 3.04. The van der Waals surface area contributed by atoms with Crippen LogP contribution in [0.5, 0.6) is 0 Å². The molecule has 0 unspecified atom stereocenters. The fourth-order valence-corrected chi connectivity index (χ4v) is 5.00. The number of aryl methyl sites for hydroxylation is 2. The van der Waals surface area contributed by atoms with Gasteiger partial charge in [0, 0.05) is 43.5 Å². The number of para-hydroxylation sites is 1. The summed E-state index contributed by atoms with van der Waals surface area (Å²) in [4.78, 5) is 41.6. The van der Waals surface area contributed by atoms with Gasteiger partial charge in [-0.2, -0.15) is 0 Å². The minimum absolute atomic E-state index is 0.0282. The van der Waals surface area contributed by atoms with Crippen molar-refractivity contribution in [1.82, 2.24) is 9.80 Å². The Morgan fingerprint density at radius 2 is 1.78 bits per heavy atom. The van der Waals surface area contributed by atoms with Crippen molar-refractivity contribution in [2.24, 2.45) is 0 Å². The summed E-state index contributed by atoms with van der Waals surface area (Å²) >= 11 is 0. The zero-order chi connectivity index (χ0) is 25.8. The molecular formula is C27H34N4O5. The SMILES string of the molecule is COC(=O)[C@@H](Cc1cc(C)c(N)c(C)c1)OC(=O)N1CCC(N2CCc3ccccc3NC2=O)CC1. The molecule has 9 nitrogen and oxygen atoms in total. The first kappa shape index (κ1) is 25.3. The summed E-state index contributed by atoms with van der Waals surface area (Å²) in [5, 5.41) is 3.01. The average molecular weight is 495 g/mol. The molecule has 2 aliphatic rings. The molecule has 0 aliphatic carbocycles. The van der Waals surface area contributed by atoms with E-state index >= 15 is 0 Å². The number of carbonyl (C=O) groups excluding carboxylic acids is 3. The number of methoxy groups -OCH3 is 1. The number of nitrogens with two attached hydrogens (primary N) is 1. The van der Waals surface area contributed by atoms with Crippen LogP contribution in [-0.4, -0.2) is 66.8 Å². The number of ether oxygens (including phenoxy) is 2. The van der Waals surface area contributed by atoms with Gasteiger partial charge in [-0.1, -0.05) is 30.3 Å². The van der Waals surface area contributed by atoms with Gasteiger partial charge in [0.05, 0.1) is 7.11 Å². The van der Waals surface area contributed by atoms with Crippen LogP contribution in [-0.2, 0) is 27.1 Å². The van der Waals surface area contributed by atoms with E-state index in [0.29, 0.717) is 38.2 Å². The van der Waals surface area contributed by atoms with Crippen LogP contribution < -0.4 is 11.1 Å². The van der Waals surface area contributed by atoms with Gasteiger partial charge < -0.3 is 30.3 Å². The number of likely N-dealkylation sites (tertiary alicyclic amines) is 1. The molecule has 3 amide bonds. The fraction of sp³-hybridized carbons (Fsp3) is 0.444. The number of esters is 1. The van der Waals surface area contributed by atoms with Crippen LogP contribution in [0.4, 0.5) is 21.0 Å². The van der Waals surface area contributed by atoms with Crippen LogP contribution in [0, 0.1) is 13.8 Å². The number of urea groups is 1. The number of carbonyl (C=O) groups is 3. The number of nitrogen functional groups attached to an aromatic ring is 1. The summed E-state index contributed by atoms with van der Waals surface area (Å²) in [7, 11) is 1.28. The Hall–Kier alpha value is -3.75. The second-order valence-electron chi connectivity index (χ2n) is 9.49. The largest absolute Gasteiger partial charge is 0.466 e. The monoisotopic (exact) mass is 494 g/mol. The van der Waals surface area contributed by atoms with Gasteiger partial charge >= 0.3 is 18.1 Å². The molecule has 1 saturated heterocycles. The number of fused-ring (bicyclic) bond motifs is 1. The van der Waals surface area contributed by atoms with E-state index in [2.05, 4.69) is 5.32 Å². The molecule has 4 rings (SSSR count). The summed E-state index contributed by atoms with van der Waals surface area (Å²) in [6.07, 6.45) is 0.641. The highest BCUT2D eigenvalue weighted by Crippen LogP contribution is 2.25. The smallest absolute Gasteiger partial charge is 0.410 e. The molecule has 2 aromatic carbocycles. The van der Waals surface area contributed by atoms with Crippen molar-refractivity contribution in [3.63, 3.8) is 0 Å². The zero-order valence-electron chi connectivity index (χ0n) is 21.1. The highest BCUT2D eigenvalue weighted by Gasteiger charge is 2.33.